The van der Waals surface area contributed by atoms with Crippen molar-refractivity contribution in [3.05, 3.63) is 71.3 Å². The molecule has 1 saturated heterocycles. The summed E-state index contributed by atoms with van der Waals surface area (Å²) in [6.07, 6.45) is 3.00. The second-order valence-corrected chi connectivity index (χ2v) is 7.76. The molecule has 0 unspecified atom stereocenters. The fourth-order valence-electron chi connectivity index (χ4n) is 4.79. The van der Waals surface area contributed by atoms with Crippen molar-refractivity contribution in [2.45, 2.75) is 45.3 Å². The summed E-state index contributed by atoms with van der Waals surface area (Å²) in [6, 6.07) is 18.4. The predicted molar refractivity (Wildman–Crippen MR) is 98.2 cm³/mol. The Morgan fingerprint density at radius 2 is 1.80 bits per heavy atom. The highest BCUT2D eigenvalue weighted by Crippen LogP contribution is 2.58. The Bertz CT molecular complexity index is 788. The first kappa shape index (κ1) is 16.2. The minimum atomic E-state index is -0.296. The number of hydrogen-bond acceptors (Lipinski definition) is 2. The van der Waals surface area contributed by atoms with E-state index in [1.165, 1.54) is 11.1 Å². The summed E-state index contributed by atoms with van der Waals surface area (Å²) in [6.45, 7) is 5.63. The van der Waals surface area contributed by atoms with Gasteiger partial charge in [-0.25, -0.2) is 4.79 Å². The summed E-state index contributed by atoms with van der Waals surface area (Å²) in [5, 5.41) is 0. The molecule has 25 heavy (non-hydrogen) atoms. The van der Waals surface area contributed by atoms with Gasteiger partial charge >= 0.3 is 6.09 Å². The van der Waals surface area contributed by atoms with Gasteiger partial charge in [0.15, 0.2) is 0 Å². The third kappa shape index (κ3) is 2.45. The molecule has 0 spiro atoms. The number of likely N-dealkylation sites (tertiary alicyclic amines) is 1. The summed E-state index contributed by atoms with van der Waals surface area (Å²) in [5.74, 6) is 0. The molecule has 2 aromatic rings. The Hall–Kier alpha value is -2.29. The second kappa shape index (κ2) is 5.91. The fourth-order valence-corrected chi connectivity index (χ4v) is 4.79. The van der Waals surface area contributed by atoms with Crippen molar-refractivity contribution in [3.8, 4) is 0 Å². The van der Waals surface area contributed by atoms with Crippen LogP contribution in [0, 0.1) is 5.41 Å². The van der Waals surface area contributed by atoms with Crippen molar-refractivity contribution >= 4 is 6.09 Å². The number of carbonyl (C=O) groups is 1. The molecule has 4 rings (SSSR count). The van der Waals surface area contributed by atoms with Crippen LogP contribution in [-0.2, 0) is 23.3 Å². The monoisotopic (exact) mass is 335 g/mol. The molecule has 0 radical (unpaired) electrons. The maximum absolute atomic E-state index is 13.0. The van der Waals surface area contributed by atoms with Crippen LogP contribution in [0.15, 0.2) is 54.6 Å². The number of hydrogen-bond donors (Lipinski definition) is 0. The molecular formula is C22H25NO2. The van der Waals surface area contributed by atoms with Crippen molar-refractivity contribution < 1.29 is 9.53 Å². The van der Waals surface area contributed by atoms with Gasteiger partial charge in [-0.3, -0.25) is 4.90 Å². The number of nitrogens with zero attached hydrogens (tertiary/aromatic N) is 1. The molecule has 3 nitrogen and oxygen atoms in total. The van der Waals surface area contributed by atoms with Crippen LogP contribution < -0.4 is 0 Å². The summed E-state index contributed by atoms with van der Waals surface area (Å²) < 4.78 is 5.69. The van der Waals surface area contributed by atoms with E-state index in [0.717, 1.165) is 31.4 Å². The van der Waals surface area contributed by atoms with Crippen LogP contribution in [0.2, 0.25) is 0 Å². The van der Waals surface area contributed by atoms with Crippen LogP contribution in [-0.4, -0.2) is 17.5 Å². The van der Waals surface area contributed by atoms with E-state index in [0.29, 0.717) is 6.61 Å². The molecule has 0 aromatic heterocycles. The Kier molecular flexibility index (Phi) is 3.82. The van der Waals surface area contributed by atoms with E-state index in [1.807, 2.05) is 35.2 Å². The molecule has 1 amide bonds. The highest BCUT2D eigenvalue weighted by molar-refractivity contribution is 5.70. The summed E-state index contributed by atoms with van der Waals surface area (Å²) in [7, 11) is 0. The van der Waals surface area contributed by atoms with Crippen LogP contribution in [0.1, 0.15) is 43.4 Å². The van der Waals surface area contributed by atoms with E-state index in [1.54, 1.807) is 0 Å². The molecule has 1 heterocycles. The molecule has 2 atom stereocenters. The number of rotatable bonds is 2. The number of piperidine rings is 1. The van der Waals surface area contributed by atoms with Gasteiger partial charge in [0.1, 0.15) is 6.61 Å². The van der Waals surface area contributed by atoms with Gasteiger partial charge in [0.2, 0.25) is 0 Å². The minimum absolute atomic E-state index is 0.0701. The molecule has 130 valence electrons. The lowest BCUT2D eigenvalue weighted by molar-refractivity contribution is -0.0418. The molecule has 2 aromatic carbocycles. The van der Waals surface area contributed by atoms with Gasteiger partial charge in [-0.1, -0.05) is 61.5 Å². The number of benzene rings is 2. The van der Waals surface area contributed by atoms with Crippen molar-refractivity contribution in [2.75, 3.05) is 6.54 Å². The Morgan fingerprint density at radius 3 is 2.60 bits per heavy atom. The molecule has 1 aliphatic carbocycles. The summed E-state index contributed by atoms with van der Waals surface area (Å²) in [5.41, 5.74) is 3.45. The molecule has 2 aliphatic rings. The third-order valence-corrected chi connectivity index (χ3v) is 6.37. The average Bonchev–Trinajstić information content (AvgIpc) is 2.87. The molecule has 3 heteroatoms. The van der Waals surface area contributed by atoms with E-state index in [9.17, 15) is 4.79 Å². The third-order valence-electron chi connectivity index (χ3n) is 6.37. The zero-order valence-corrected chi connectivity index (χ0v) is 15.0. The van der Waals surface area contributed by atoms with Crippen molar-refractivity contribution in [1.29, 1.82) is 0 Å². The van der Waals surface area contributed by atoms with Gasteiger partial charge in [0.05, 0.1) is 5.54 Å². The number of amides is 1. The molecule has 1 fully saturated rings. The van der Waals surface area contributed by atoms with E-state index in [2.05, 4.69) is 38.1 Å². The number of carbonyl (C=O) groups excluding carboxylic acids is 1. The quantitative estimate of drug-likeness (QED) is 0.781. The van der Waals surface area contributed by atoms with Crippen molar-refractivity contribution in [1.82, 2.24) is 4.90 Å². The largest absolute Gasteiger partial charge is 0.445 e. The van der Waals surface area contributed by atoms with E-state index < -0.39 is 0 Å². The molecular weight excluding hydrogens is 310 g/mol. The van der Waals surface area contributed by atoms with Crippen LogP contribution in [0.5, 0.6) is 0 Å². The normalized spacial score (nSPS) is 27.5. The van der Waals surface area contributed by atoms with E-state index in [-0.39, 0.29) is 17.0 Å². The Balaban J connectivity index is 1.62. The van der Waals surface area contributed by atoms with Crippen LogP contribution in [0.4, 0.5) is 4.79 Å². The lowest BCUT2D eigenvalue weighted by atomic mass is 9.66. The SMILES string of the molecule is C[C@]12CCCN(C(=O)OCc3ccccc3)[C@]1(C)c1ccccc1C2. The van der Waals surface area contributed by atoms with Gasteiger partial charge < -0.3 is 4.74 Å². The zero-order valence-electron chi connectivity index (χ0n) is 15.0. The number of ether oxygens (including phenoxy) is 1. The Morgan fingerprint density at radius 1 is 1.08 bits per heavy atom. The van der Waals surface area contributed by atoms with Gasteiger partial charge in [0, 0.05) is 6.54 Å². The molecule has 0 bridgehead atoms. The van der Waals surface area contributed by atoms with Crippen LogP contribution in [0.25, 0.3) is 0 Å². The second-order valence-electron chi connectivity index (χ2n) is 7.76. The minimum Gasteiger partial charge on any atom is -0.445 e. The Labute approximate surface area is 149 Å². The van der Waals surface area contributed by atoms with E-state index >= 15 is 0 Å². The van der Waals surface area contributed by atoms with Gasteiger partial charge in [0.25, 0.3) is 0 Å². The summed E-state index contributed by atoms with van der Waals surface area (Å²) >= 11 is 0. The maximum atomic E-state index is 13.0. The molecule has 0 saturated carbocycles. The molecule has 0 N–H and O–H groups in total. The topological polar surface area (TPSA) is 29.5 Å². The smallest absolute Gasteiger partial charge is 0.410 e. The first-order chi connectivity index (χ1) is 12.0. The van der Waals surface area contributed by atoms with Gasteiger partial charge in [-0.15, -0.1) is 0 Å². The molecule has 1 aliphatic heterocycles. The van der Waals surface area contributed by atoms with Crippen molar-refractivity contribution in [3.63, 3.8) is 0 Å². The lowest BCUT2D eigenvalue weighted by Crippen LogP contribution is -2.58. The standard InChI is InChI=1S/C22H25NO2/c1-21-13-8-14-23(20(24)25-16-17-9-4-3-5-10-17)22(21,2)19-12-7-6-11-18(19)15-21/h3-7,9-12H,8,13-16H2,1-2H3/t21-,22-/m1/s1. The fraction of sp³-hybridized carbons (Fsp3) is 0.409. The van der Waals surface area contributed by atoms with Crippen LogP contribution in [0.3, 0.4) is 0 Å². The summed E-state index contributed by atoms with van der Waals surface area (Å²) in [4.78, 5) is 15.0. The predicted octanol–water partition coefficient (Wildman–Crippen LogP) is 4.90. The van der Waals surface area contributed by atoms with Crippen molar-refractivity contribution in [2.24, 2.45) is 5.41 Å². The van der Waals surface area contributed by atoms with E-state index in [4.69, 9.17) is 4.74 Å². The maximum Gasteiger partial charge on any atom is 0.410 e. The zero-order chi connectivity index (χ0) is 17.5. The first-order valence-corrected chi connectivity index (χ1v) is 9.11. The number of fused-ring (bicyclic) bond motifs is 3. The van der Waals surface area contributed by atoms with Crippen LogP contribution >= 0.6 is 0 Å². The average molecular weight is 335 g/mol. The highest BCUT2D eigenvalue weighted by atomic mass is 16.6. The lowest BCUT2D eigenvalue weighted by Gasteiger charge is -2.52. The van der Waals surface area contributed by atoms with Gasteiger partial charge in [-0.05, 0) is 48.3 Å². The van der Waals surface area contributed by atoms with Gasteiger partial charge in [-0.2, -0.15) is 0 Å². The first-order valence-electron chi connectivity index (χ1n) is 9.11. The highest BCUT2D eigenvalue weighted by Gasteiger charge is 2.58.